The maximum Gasteiger partial charge on any atom is 0.0931 e. The van der Waals surface area contributed by atoms with Crippen molar-refractivity contribution in [2.75, 3.05) is 26.8 Å². The average molecular weight is 246 g/mol. The lowest BCUT2D eigenvalue weighted by atomic mass is 9.98. The molecule has 1 aliphatic heterocycles. The Hall–Kier alpha value is -1.43. The maximum absolute atomic E-state index is 5.54. The number of hydrogen-bond acceptors (Lipinski definition) is 4. The second-order valence-electron chi connectivity index (χ2n) is 4.58. The third kappa shape index (κ3) is 2.12. The van der Waals surface area contributed by atoms with Crippen LogP contribution in [0.15, 0.2) is 24.5 Å². The largest absolute Gasteiger partial charge is 0.378 e. The average Bonchev–Trinajstić information content (AvgIpc) is 2.88. The van der Waals surface area contributed by atoms with Gasteiger partial charge in [0.15, 0.2) is 0 Å². The Kier molecular flexibility index (Phi) is 3.27. The zero-order chi connectivity index (χ0) is 12.4. The molecule has 1 aromatic carbocycles. The van der Waals surface area contributed by atoms with Crippen molar-refractivity contribution >= 4 is 11.0 Å². The number of benzene rings is 1. The molecular formula is C13H18N4O. The van der Waals surface area contributed by atoms with Gasteiger partial charge in [0.05, 0.1) is 36.6 Å². The van der Waals surface area contributed by atoms with Crippen LogP contribution in [-0.2, 0) is 4.74 Å². The fraction of sp³-hybridized carbons (Fsp3) is 0.462. The van der Waals surface area contributed by atoms with Gasteiger partial charge in [-0.1, -0.05) is 6.07 Å². The van der Waals surface area contributed by atoms with Crippen molar-refractivity contribution in [2.24, 2.45) is 0 Å². The van der Waals surface area contributed by atoms with Crippen molar-refractivity contribution in [1.29, 1.82) is 0 Å². The monoisotopic (exact) mass is 246 g/mol. The normalized spacial score (nSPS) is 22.2. The van der Waals surface area contributed by atoms with E-state index < -0.39 is 0 Å². The highest BCUT2D eigenvalue weighted by molar-refractivity contribution is 5.75. The predicted octanol–water partition coefficient (Wildman–Crippen LogP) is 0.812. The van der Waals surface area contributed by atoms with Crippen LogP contribution in [0.5, 0.6) is 0 Å². The van der Waals surface area contributed by atoms with Gasteiger partial charge in [0.2, 0.25) is 0 Å². The third-order valence-corrected chi connectivity index (χ3v) is 3.47. The number of morpholine rings is 1. The Morgan fingerprint density at radius 3 is 3.22 bits per heavy atom. The molecule has 0 saturated carbocycles. The molecule has 5 heteroatoms. The molecule has 0 aliphatic carbocycles. The number of rotatable bonds is 3. The molecule has 2 aromatic rings. The SMILES string of the molecule is CNC(c1ccc2nc[nH]c2c1)C1COCCN1. The minimum Gasteiger partial charge on any atom is -0.378 e. The van der Waals surface area contributed by atoms with Gasteiger partial charge in [0.25, 0.3) is 0 Å². The van der Waals surface area contributed by atoms with Gasteiger partial charge >= 0.3 is 0 Å². The minimum atomic E-state index is 0.248. The number of fused-ring (bicyclic) bond motifs is 1. The standard InChI is InChI=1S/C13H18N4O/c1-14-13(12-7-18-5-4-15-12)9-2-3-10-11(6-9)17-8-16-10/h2-3,6,8,12-15H,4-5,7H2,1H3,(H,16,17). The van der Waals surface area contributed by atoms with Crippen LogP contribution in [0.25, 0.3) is 11.0 Å². The molecule has 0 spiro atoms. The molecule has 2 unspecified atom stereocenters. The van der Waals surface area contributed by atoms with Gasteiger partial charge in [-0.15, -0.1) is 0 Å². The van der Waals surface area contributed by atoms with E-state index in [0.717, 1.165) is 30.8 Å². The van der Waals surface area contributed by atoms with Gasteiger partial charge in [0.1, 0.15) is 0 Å². The molecule has 0 amide bonds. The molecule has 1 aromatic heterocycles. The van der Waals surface area contributed by atoms with Crippen LogP contribution in [0.1, 0.15) is 11.6 Å². The number of H-pyrrole nitrogens is 1. The summed E-state index contributed by atoms with van der Waals surface area (Å²) < 4.78 is 5.54. The summed E-state index contributed by atoms with van der Waals surface area (Å²) in [6.45, 7) is 2.45. The highest BCUT2D eigenvalue weighted by Crippen LogP contribution is 2.21. The van der Waals surface area contributed by atoms with Gasteiger partial charge in [-0.3, -0.25) is 0 Å². The highest BCUT2D eigenvalue weighted by atomic mass is 16.5. The number of ether oxygens (including phenoxy) is 1. The number of aromatic amines is 1. The molecular weight excluding hydrogens is 228 g/mol. The fourth-order valence-electron chi connectivity index (χ4n) is 2.55. The number of imidazole rings is 1. The number of hydrogen-bond donors (Lipinski definition) is 3. The van der Waals surface area contributed by atoms with E-state index in [1.165, 1.54) is 5.56 Å². The zero-order valence-corrected chi connectivity index (χ0v) is 10.4. The summed E-state index contributed by atoms with van der Waals surface area (Å²) in [5, 5.41) is 6.87. The molecule has 1 saturated heterocycles. The summed E-state index contributed by atoms with van der Waals surface area (Å²) >= 11 is 0. The summed E-state index contributed by atoms with van der Waals surface area (Å²) in [5.41, 5.74) is 3.32. The van der Waals surface area contributed by atoms with E-state index in [9.17, 15) is 0 Å². The van der Waals surface area contributed by atoms with Crippen LogP contribution in [0.2, 0.25) is 0 Å². The second-order valence-corrected chi connectivity index (χ2v) is 4.58. The summed E-state index contributed by atoms with van der Waals surface area (Å²) in [5.74, 6) is 0. The lowest BCUT2D eigenvalue weighted by molar-refractivity contribution is 0.0646. The molecule has 5 nitrogen and oxygen atoms in total. The van der Waals surface area contributed by atoms with Crippen LogP contribution in [0.4, 0.5) is 0 Å². The first kappa shape index (κ1) is 11.6. The smallest absolute Gasteiger partial charge is 0.0931 e. The van der Waals surface area contributed by atoms with E-state index in [4.69, 9.17) is 4.74 Å². The first-order chi connectivity index (χ1) is 8.88. The van der Waals surface area contributed by atoms with E-state index >= 15 is 0 Å². The van der Waals surface area contributed by atoms with Gasteiger partial charge < -0.3 is 20.4 Å². The van der Waals surface area contributed by atoms with E-state index in [1.807, 2.05) is 7.05 Å². The van der Waals surface area contributed by atoms with Gasteiger partial charge in [-0.05, 0) is 24.7 Å². The van der Waals surface area contributed by atoms with Crippen molar-refractivity contribution in [3.63, 3.8) is 0 Å². The molecule has 3 N–H and O–H groups in total. The first-order valence-corrected chi connectivity index (χ1v) is 6.30. The number of nitrogens with one attached hydrogen (secondary N) is 3. The summed E-state index contributed by atoms with van der Waals surface area (Å²) in [7, 11) is 1.98. The summed E-state index contributed by atoms with van der Waals surface area (Å²) in [4.78, 5) is 7.39. The van der Waals surface area contributed by atoms with Crippen LogP contribution < -0.4 is 10.6 Å². The van der Waals surface area contributed by atoms with E-state index in [1.54, 1.807) is 6.33 Å². The van der Waals surface area contributed by atoms with Gasteiger partial charge in [-0.25, -0.2) is 4.98 Å². The molecule has 2 atom stereocenters. The third-order valence-electron chi connectivity index (χ3n) is 3.47. The van der Waals surface area contributed by atoms with E-state index in [0.29, 0.717) is 6.04 Å². The van der Waals surface area contributed by atoms with Crippen LogP contribution in [0.3, 0.4) is 0 Å². The van der Waals surface area contributed by atoms with E-state index in [2.05, 4.69) is 38.8 Å². The molecule has 0 radical (unpaired) electrons. The van der Waals surface area contributed by atoms with Gasteiger partial charge in [0, 0.05) is 12.6 Å². The maximum atomic E-state index is 5.54. The molecule has 3 rings (SSSR count). The quantitative estimate of drug-likeness (QED) is 0.750. The second kappa shape index (κ2) is 5.06. The van der Waals surface area contributed by atoms with Crippen LogP contribution >= 0.6 is 0 Å². The molecule has 1 fully saturated rings. The first-order valence-electron chi connectivity index (χ1n) is 6.30. The molecule has 1 aliphatic rings. The Morgan fingerprint density at radius 1 is 1.50 bits per heavy atom. The van der Waals surface area contributed by atoms with Crippen molar-refractivity contribution in [2.45, 2.75) is 12.1 Å². The Balaban J connectivity index is 1.89. The number of aromatic nitrogens is 2. The summed E-state index contributed by atoms with van der Waals surface area (Å²) in [6, 6.07) is 6.89. The molecule has 18 heavy (non-hydrogen) atoms. The number of nitrogens with zero attached hydrogens (tertiary/aromatic N) is 1. The van der Waals surface area contributed by atoms with Gasteiger partial charge in [-0.2, -0.15) is 0 Å². The van der Waals surface area contributed by atoms with Crippen molar-refractivity contribution in [3.8, 4) is 0 Å². The Morgan fingerprint density at radius 2 is 2.44 bits per heavy atom. The lowest BCUT2D eigenvalue weighted by Crippen LogP contribution is -2.48. The van der Waals surface area contributed by atoms with Crippen molar-refractivity contribution in [1.82, 2.24) is 20.6 Å². The number of likely N-dealkylation sites (N-methyl/N-ethyl adjacent to an activating group) is 1. The zero-order valence-electron chi connectivity index (χ0n) is 10.4. The highest BCUT2D eigenvalue weighted by Gasteiger charge is 2.24. The van der Waals surface area contributed by atoms with Crippen molar-refractivity contribution < 1.29 is 4.74 Å². The van der Waals surface area contributed by atoms with Crippen molar-refractivity contribution in [3.05, 3.63) is 30.1 Å². The van der Waals surface area contributed by atoms with Crippen LogP contribution in [0, 0.1) is 0 Å². The topological polar surface area (TPSA) is 62.0 Å². The Bertz CT molecular complexity index is 518. The summed E-state index contributed by atoms with van der Waals surface area (Å²) in [6.07, 6.45) is 1.73. The molecule has 2 heterocycles. The molecule has 96 valence electrons. The minimum absolute atomic E-state index is 0.248. The lowest BCUT2D eigenvalue weighted by Gasteiger charge is -2.31. The predicted molar refractivity (Wildman–Crippen MR) is 70.5 cm³/mol. The Labute approximate surface area is 106 Å². The molecule has 0 bridgehead atoms. The van der Waals surface area contributed by atoms with E-state index in [-0.39, 0.29) is 6.04 Å². The van der Waals surface area contributed by atoms with Crippen LogP contribution in [-0.4, -0.2) is 42.8 Å². The fourth-order valence-corrected chi connectivity index (χ4v) is 2.55.